The number of piperazine rings is 4. The van der Waals surface area contributed by atoms with E-state index in [1.54, 1.807) is 93.1 Å². The number of pyridine rings is 6. The van der Waals surface area contributed by atoms with E-state index in [4.69, 9.17) is 18.9 Å². The second-order valence-electron chi connectivity index (χ2n) is 27.3. The summed E-state index contributed by atoms with van der Waals surface area (Å²) in [6.45, 7) is 19.4. The molecule has 6 saturated heterocycles. The second-order valence-corrected chi connectivity index (χ2v) is 29.8. The molecule has 7 aromatic carbocycles. The van der Waals surface area contributed by atoms with Crippen molar-refractivity contribution in [3.05, 3.63) is 312 Å². The summed E-state index contributed by atoms with van der Waals surface area (Å²) in [6.07, 6.45) is 37.1. The molecule has 0 saturated carbocycles. The number of ether oxygens (including phenoxy) is 4. The molecule has 1 N–H and O–H groups in total. The van der Waals surface area contributed by atoms with Gasteiger partial charge in [-0.2, -0.15) is 23.5 Å². The quantitative estimate of drug-likeness (QED) is 0.151. The number of H-pyrrole nitrogens is 1. The normalized spacial score (nSPS) is 16.1. The summed E-state index contributed by atoms with van der Waals surface area (Å²) in [5, 5.41) is 9.65. The van der Waals surface area contributed by atoms with Crippen LogP contribution in [0.3, 0.4) is 0 Å². The van der Waals surface area contributed by atoms with Gasteiger partial charge in [-0.05, 0) is 108 Å². The van der Waals surface area contributed by atoms with E-state index in [0.29, 0.717) is 13.2 Å². The number of aromatic nitrogens is 12. The zero-order valence-corrected chi connectivity index (χ0v) is 67.2. The maximum Gasteiger partial charge on any atom is 0.161 e. The third kappa shape index (κ3) is 23.5. The van der Waals surface area contributed by atoms with Crippen LogP contribution in [-0.2, 0) is 9.47 Å². The van der Waals surface area contributed by atoms with Crippen LogP contribution in [0.4, 0.5) is 34.1 Å². The van der Waals surface area contributed by atoms with E-state index < -0.39 is 0 Å². The highest BCUT2D eigenvalue weighted by molar-refractivity contribution is 8.06. The van der Waals surface area contributed by atoms with Gasteiger partial charge in [-0.25, -0.2) is 4.98 Å². The molecule has 28 rings (SSSR count). The molecule has 6 bridgehead atoms. The zero-order valence-electron chi connectivity index (χ0n) is 65.6. The van der Waals surface area contributed by atoms with Crippen molar-refractivity contribution < 1.29 is 18.9 Å². The number of imidazole rings is 1. The molecule has 24 heteroatoms. The summed E-state index contributed by atoms with van der Waals surface area (Å²) in [7, 11) is 0. The Morgan fingerprint density at radius 3 is 0.940 bits per heavy atom. The van der Waals surface area contributed by atoms with Crippen LogP contribution in [0.25, 0.3) is 65.3 Å². The van der Waals surface area contributed by atoms with E-state index in [1.807, 2.05) is 122 Å². The predicted octanol–water partition coefficient (Wildman–Crippen LogP) is 16.9. The smallest absolute Gasteiger partial charge is 0.161 e. The minimum Gasteiger partial charge on any atom is -0.486 e. The largest absolute Gasteiger partial charge is 0.486 e. The molecule has 16 aromatic rings. The molecule has 117 heavy (non-hydrogen) atoms. The number of para-hydroxylation sites is 10. The lowest BCUT2D eigenvalue weighted by Crippen LogP contribution is -2.55. The third-order valence-electron chi connectivity index (χ3n) is 20.0. The minimum atomic E-state index is 0.664. The lowest BCUT2D eigenvalue weighted by Gasteiger charge is -2.46. The average molecular weight is 1590 g/mol. The summed E-state index contributed by atoms with van der Waals surface area (Å²) < 4.78 is 20.5. The maximum atomic E-state index is 5.30. The Morgan fingerprint density at radius 1 is 0.274 bits per heavy atom. The van der Waals surface area contributed by atoms with Crippen LogP contribution in [0.1, 0.15) is 0 Å². The van der Waals surface area contributed by atoms with E-state index in [1.165, 1.54) is 166 Å². The first kappa shape index (κ1) is 81.3. The Bertz CT molecular complexity index is 4900. The molecule has 594 valence electrons. The van der Waals surface area contributed by atoms with Gasteiger partial charge in [0.25, 0.3) is 0 Å². The van der Waals surface area contributed by atoms with Crippen LogP contribution in [0.15, 0.2) is 312 Å². The van der Waals surface area contributed by atoms with Gasteiger partial charge in [-0.1, -0.05) is 84.9 Å². The fourth-order valence-corrected chi connectivity index (χ4v) is 16.5. The number of nitrogens with one attached hydrogen (secondary N) is 1. The van der Waals surface area contributed by atoms with Crippen molar-refractivity contribution >= 4 is 112 Å². The van der Waals surface area contributed by atoms with Crippen LogP contribution in [0.5, 0.6) is 11.5 Å². The van der Waals surface area contributed by atoms with Crippen molar-refractivity contribution in [1.82, 2.24) is 69.6 Å². The van der Waals surface area contributed by atoms with Gasteiger partial charge >= 0.3 is 0 Å². The Morgan fingerprint density at radius 2 is 0.615 bits per heavy atom. The lowest BCUT2D eigenvalue weighted by molar-refractivity contribution is -0.0334. The van der Waals surface area contributed by atoms with Gasteiger partial charge in [0.15, 0.2) is 11.5 Å². The van der Waals surface area contributed by atoms with Crippen LogP contribution in [0, 0.1) is 0 Å². The fraction of sp³-hybridized carbons (Fsp3) is 0.237. The second kappa shape index (κ2) is 44.6. The summed E-state index contributed by atoms with van der Waals surface area (Å²) in [4.78, 5) is 61.4. The summed E-state index contributed by atoms with van der Waals surface area (Å²) >= 11 is 4.15. The van der Waals surface area contributed by atoms with Crippen LogP contribution in [0.2, 0.25) is 0 Å². The first-order chi connectivity index (χ1) is 58.1. The number of anilines is 6. The molecule has 12 aliphatic heterocycles. The van der Waals surface area contributed by atoms with E-state index in [0.717, 1.165) is 72.8 Å². The van der Waals surface area contributed by atoms with Crippen molar-refractivity contribution in [3.63, 3.8) is 0 Å². The van der Waals surface area contributed by atoms with Gasteiger partial charge < -0.3 is 43.5 Å². The maximum absolute atomic E-state index is 5.30. The Hall–Kier alpha value is -12.3. The monoisotopic (exact) mass is 1590 g/mol. The van der Waals surface area contributed by atoms with E-state index in [2.05, 4.69) is 210 Å². The van der Waals surface area contributed by atoms with Gasteiger partial charge in [-0.3, -0.25) is 59.6 Å². The van der Waals surface area contributed by atoms with Crippen molar-refractivity contribution in [3.8, 4) is 22.6 Å². The minimum absolute atomic E-state index is 0.664. The number of hydrogen-bond acceptors (Lipinski definition) is 23. The van der Waals surface area contributed by atoms with E-state index in [-0.39, 0.29) is 0 Å². The molecule has 0 aliphatic carbocycles. The fourth-order valence-electron chi connectivity index (χ4n) is 14.2. The number of hydrogen-bond donors (Lipinski definition) is 1. The number of fused-ring (bicyclic) bond motifs is 9. The number of benzene rings is 7. The number of rotatable bonds is 1. The van der Waals surface area contributed by atoms with Crippen LogP contribution >= 0.6 is 23.5 Å². The average Bonchev–Trinajstić information content (AvgIpc) is 0.826. The first-order valence-electron chi connectivity index (χ1n) is 39.6. The van der Waals surface area contributed by atoms with Gasteiger partial charge in [0.05, 0.1) is 77.9 Å². The Labute approximate surface area is 691 Å². The number of nitrogens with zero attached hydrogens (tertiary/aromatic N) is 17. The Kier molecular flexibility index (Phi) is 31.0. The van der Waals surface area contributed by atoms with Crippen LogP contribution < -0.4 is 29.1 Å². The van der Waals surface area contributed by atoms with Crippen LogP contribution in [-0.4, -0.2) is 211 Å². The molecular formula is C93H96N18O4S2. The molecule has 12 aliphatic rings. The first-order valence-corrected chi connectivity index (χ1v) is 41.9. The van der Waals surface area contributed by atoms with Gasteiger partial charge in [-0.15, -0.1) is 0 Å². The van der Waals surface area contributed by atoms with Crippen molar-refractivity contribution in [2.75, 3.05) is 161 Å². The third-order valence-corrected chi connectivity index (χ3v) is 22.5. The molecule has 9 aromatic heterocycles. The number of aromatic amines is 1. The number of thioether (sulfide) groups is 2. The van der Waals surface area contributed by atoms with Crippen molar-refractivity contribution in [1.29, 1.82) is 0 Å². The highest BCUT2D eigenvalue weighted by atomic mass is 32.2. The molecule has 0 unspecified atom stereocenters. The molecule has 0 spiro atoms. The molecule has 0 amide bonds. The topological polar surface area (TPSA) is 214 Å². The van der Waals surface area contributed by atoms with Gasteiger partial charge in [0.1, 0.15) is 13.2 Å². The van der Waals surface area contributed by atoms with Gasteiger partial charge in [0, 0.05) is 269 Å². The summed E-state index contributed by atoms with van der Waals surface area (Å²) in [5.41, 5.74) is 12.5. The predicted molar refractivity (Wildman–Crippen MR) is 477 cm³/mol. The molecule has 6 fully saturated rings. The summed E-state index contributed by atoms with van der Waals surface area (Å²) in [6, 6.07) is 61.7. The molecule has 0 radical (unpaired) electrons. The van der Waals surface area contributed by atoms with E-state index in [9.17, 15) is 0 Å². The van der Waals surface area contributed by atoms with E-state index >= 15 is 0 Å². The van der Waals surface area contributed by atoms with Crippen molar-refractivity contribution in [2.45, 2.75) is 0 Å². The van der Waals surface area contributed by atoms with Gasteiger partial charge in [0.2, 0.25) is 0 Å². The highest BCUT2D eigenvalue weighted by Gasteiger charge is 2.33. The summed E-state index contributed by atoms with van der Waals surface area (Å²) in [5.74, 6) is 7.23. The SMILES string of the molecule is C1CN2CCN1CC2.C1COCCO1.C1CSCCS1.c1c[nH]cn1.c1cc(-c2ccncc2)ccn1.c1cc2cncc3ccc4cncc1c4c23.c1cc2cnccc2cn1.c1ccc2c(c1)N1CCN2CC1.c1ccc2c(c1)N1CCN2c2ccccc21.c1ccc2c(c1)OCCO2.c1ccc2nccnc2c1.c1cnccn1. The molecule has 22 nitrogen and oxygen atoms in total. The lowest BCUT2D eigenvalue weighted by atomic mass is 9.98. The highest BCUT2D eigenvalue weighted by Crippen LogP contribution is 2.50. The Balaban J connectivity index is 0.000000107. The molecule has 21 heterocycles. The molecular weight excluding hydrogens is 1500 g/mol. The molecule has 0 atom stereocenters. The zero-order chi connectivity index (χ0) is 79.4. The standard InChI is InChI=1S/C14H8N2.C14H12N2.C10H12N2.C10H8N2.2C8H6N2.C8H8O2.C6H12N2.C4H4N2.C4H8O2.C4H8S2.C3H4N2/c1-2-10-6-16-8-12-4-3-11-7-15-5-9(1)13(11)14(10)12;1-2-6-12-11(5-1)15-9-10-16(12)14-8-4-3-7-13(14)15;1-2-4-10-9(3-1)11-5-7-12(10)8-6-11;1-5-11-6-2-9(1)10-3-7-12-8-4-10;1-3-9-6-8-2-4-10-5-7(1)8;2*1-2-4-8-7(3-1)9-5-6-10-8;1-2-8-5-3-7(1)4-6-8;3*1-2-6-4-3-5-1;1-2-5-3-4-1/h1-8H;1-8H,9-10H2;1-4H,5-8H2;1-8H;2*1-6H;1-4H,5-6H2;1-6H2;1-4H;2*1-4H2;1-3H,(H,4,5). The van der Waals surface area contributed by atoms with Crippen molar-refractivity contribution in [2.24, 2.45) is 0 Å².